The molecule has 2 heterocycles. The summed E-state index contributed by atoms with van der Waals surface area (Å²) in [4.78, 5) is 15.1. The predicted molar refractivity (Wildman–Crippen MR) is 67.5 cm³/mol. The van der Waals surface area contributed by atoms with Crippen LogP contribution in [0.1, 0.15) is 23.3 Å². The van der Waals surface area contributed by atoms with Crippen molar-refractivity contribution in [2.75, 3.05) is 32.1 Å². The fraction of sp³-hybridized carbons (Fsp3) is 0.583. The lowest BCUT2D eigenvalue weighted by Gasteiger charge is -2.30. The van der Waals surface area contributed by atoms with Gasteiger partial charge >= 0.3 is 0 Å². The standard InChI is InChI=1S/C12H18N4O2/c1-15(2)12(18)10-5-6-11(14-13-10)16-7-3-4-9(17)8-16/h5-6,9,17H,3-4,7-8H2,1-2H3/t9-/m0/s1. The summed E-state index contributed by atoms with van der Waals surface area (Å²) >= 11 is 0. The number of carbonyl (C=O) groups is 1. The molecule has 0 bridgehead atoms. The van der Waals surface area contributed by atoms with Crippen molar-refractivity contribution in [3.05, 3.63) is 17.8 Å². The number of aliphatic hydroxyl groups is 1. The first kappa shape index (κ1) is 12.8. The van der Waals surface area contributed by atoms with Crippen molar-refractivity contribution in [2.45, 2.75) is 18.9 Å². The van der Waals surface area contributed by atoms with Gasteiger partial charge in [-0.1, -0.05) is 0 Å². The number of hydrogen-bond acceptors (Lipinski definition) is 5. The molecule has 0 aliphatic carbocycles. The molecule has 98 valence electrons. The van der Waals surface area contributed by atoms with Crippen LogP contribution in [-0.2, 0) is 0 Å². The fourth-order valence-electron chi connectivity index (χ4n) is 2.00. The molecule has 1 aromatic heterocycles. The molecular weight excluding hydrogens is 232 g/mol. The van der Waals surface area contributed by atoms with Crippen molar-refractivity contribution in [1.82, 2.24) is 15.1 Å². The van der Waals surface area contributed by atoms with Gasteiger partial charge in [0, 0.05) is 27.2 Å². The van der Waals surface area contributed by atoms with Gasteiger partial charge in [-0.3, -0.25) is 4.79 Å². The molecule has 1 amide bonds. The maximum atomic E-state index is 11.7. The number of amides is 1. The number of β-amino-alcohol motifs (C(OH)–C–C–N with tert-alkyl or cyclic N) is 1. The molecule has 1 N–H and O–H groups in total. The number of nitrogens with zero attached hydrogens (tertiary/aromatic N) is 4. The van der Waals surface area contributed by atoms with Crippen LogP contribution in [-0.4, -0.2) is 59.4 Å². The van der Waals surface area contributed by atoms with E-state index in [1.54, 1.807) is 26.2 Å². The van der Waals surface area contributed by atoms with Crippen LogP contribution in [0.25, 0.3) is 0 Å². The molecule has 0 radical (unpaired) electrons. The summed E-state index contributed by atoms with van der Waals surface area (Å²) in [5.41, 5.74) is 0.335. The number of carbonyl (C=O) groups excluding carboxylic acids is 1. The Balaban J connectivity index is 2.10. The van der Waals surface area contributed by atoms with Gasteiger partial charge in [0.1, 0.15) is 0 Å². The lowest BCUT2D eigenvalue weighted by atomic mass is 10.1. The first-order valence-corrected chi connectivity index (χ1v) is 6.06. The number of anilines is 1. The summed E-state index contributed by atoms with van der Waals surface area (Å²) < 4.78 is 0. The van der Waals surface area contributed by atoms with Crippen LogP contribution in [0.3, 0.4) is 0 Å². The Kier molecular flexibility index (Phi) is 3.76. The van der Waals surface area contributed by atoms with E-state index in [0.717, 1.165) is 19.4 Å². The Labute approximate surface area is 106 Å². The summed E-state index contributed by atoms with van der Waals surface area (Å²) in [6.45, 7) is 1.45. The second-order valence-electron chi connectivity index (χ2n) is 4.72. The lowest BCUT2D eigenvalue weighted by Crippen LogP contribution is -2.38. The highest BCUT2D eigenvalue weighted by atomic mass is 16.3. The summed E-state index contributed by atoms with van der Waals surface area (Å²) in [6.07, 6.45) is 1.48. The molecule has 18 heavy (non-hydrogen) atoms. The van der Waals surface area contributed by atoms with E-state index in [2.05, 4.69) is 10.2 Å². The molecule has 0 unspecified atom stereocenters. The molecule has 2 rings (SSSR count). The second-order valence-corrected chi connectivity index (χ2v) is 4.72. The Morgan fingerprint density at radius 2 is 2.22 bits per heavy atom. The smallest absolute Gasteiger partial charge is 0.273 e. The van der Waals surface area contributed by atoms with E-state index in [1.165, 1.54) is 4.90 Å². The Bertz CT molecular complexity index is 419. The van der Waals surface area contributed by atoms with Gasteiger partial charge in [-0.2, -0.15) is 0 Å². The van der Waals surface area contributed by atoms with Crippen LogP contribution in [0.4, 0.5) is 5.82 Å². The lowest BCUT2D eigenvalue weighted by molar-refractivity contribution is 0.0820. The highest BCUT2D eigenvalue weighted by Crippen LogP contribution is 2.17. The summed E-state index contributed by atoms with van der Waals surface area (Å²) in [5.74, 6) is 0.553. The van der Waals surface area contributed by atoms with Gasteiger partial charge in [-0.25, -0.2) is 0 Å². The molecule has 0 spiro atoms. The van der Waals surface area contributed by atoms with E-state index in [0.29, 0.717) is 18.1 Å². The average molecular weight is 250 g/mol. The molecule has 0 aromatic carbocycles. The molecule has 1 aliphatic rings. The largest absolute Gasteiger partial charge is 0.391 e. The highest BCUT2D eigenvalue weighted by molar-refractivity contribution is 5.91. The van der Waals surface area contributed by atoms with Gasteiger partial charge < -0.3 is 14.9 Å². The van der Waals surface area contributed by atoms with Crippen LogP contribution in [0.15, 0.2) is 12.1 Å². The maximum Gasteiger partial charge on any atom is 0.273 e. The molecule has 1 atom stereocenters. The van der Waals surface area contributed by atoms with E-state index in [1.807, 2.05) is 4.90 Å². The topological polar surface area (TPSA) is 69.6 Å². The normalized spacial score (nSPS) is 19.7. The predicted octanol–water partition coefficient (Wildman–Crippen LogP) is 0.140. The maximum absolute atomic E-state index is 11.7. The minimum Gasteiger partial charge on any atom is -0.391 e. The highest BCUT2D eigenvalue weighted by Gasteiger charge is 2.19. The second kappa shape index (κ2) is 5.30. The quantitative estimate of drug-likeness (QED) is 0.808. The summed E-state index contributed by atoms with van der Waals surface area (Å²) in [7, 11) is 3.36. The summed E-state index contributed by atoms with van der Waals surface area (Å²) in [6, 6.07) is 3.45. The van der Waals surface area contributed by atoms with E-state index < -0.39 is 0 Å². The summed E-state index contributed by atoms with van der Waals surface area (Å²) in [5, 5.41) is 17.6. The molecule has 6 nitrogen and oxygen atoms in total. The van der Waals surface area contributed by atoms with Crippen molar-refractivity contribution in [3.63, 3.8) is 0 Å². The third kappa shape index (κ3) is 2.76. The third-order valence-corrected chi connectivity index (χ3v) is 3.00. The van der Waals surface area contributed by atoms with Crippen LogP contribution in [0.2, 0.25) is 0 Å². The third-order valence-electron chi connectivity index (χ3n) is 3.00. The van der Waals surface area contributed by atoms with Crippen molar-refractivity contribution in [1.29, 1.82) is 0 Å². The van der Waals surface area contributed by atoms with E-state index >= 15 is 0 Å². The zero-order valence-electron chi connectivity index (χ0n) is 10.7. The van der Waals surface area contributed by atoms with Crippen LogP contribution < -0.4 is 4.90 Å². The van der Waals surface area contributed by atoms with E-state index in [9.17, 15) is 9.90 Å². The Morgan fingerprint density at radius 3 is 2.78 bits per heavy atom. The molecule has 1 aromatic rings. The number of hydrogen-bond donors (Lipinski definition) is 1. The van der Waals surface area contributed by atoms with Gasteiger partial charge in [0.15, 0.2) is 11.5 Å². The Hall–Kier alpha value is -1.69. The number of aliphatic hydroxyl groups excluding tert-OH is 1. The molecule has 0 saturated carbocycles. The number of rotatable bonds is 2. The first-order chi connectivity index (χ1) is 8.58. The van der Waals surface area contributed by atoms with Crippen LogP contribution in [0.5, 0.6) is 0 Å². The molecule has 1 fully saturated rings. The van der Waals surface area contributed by atoms with Gasteiger partial charge in [0.05, 0.1) is 6.10 Å². The molecule has 6 heteroatoms. The van der Waals surface area contributed by atoms with Gasteiger partial charge in [0.25, 0.3) is 5.91 Å². The van der Waals surface area contributed by atoms with Crippen LogP contribution in [0, 0.1) is 0 Å². The van der Waals surface area contributed by atoms with Crippen molar-refractivity contribution < 1.29 is 9.90 Å². The number of piperidine rings is 1. The van der Waals surface area contributed by atoms with Crippen molar-refractivity contribution in [2.24, 2.45) is 0 Å². The van der Waals surface area contributed by atoms with Gasteiger partial charge in [0.2, 0.25) is 0 Å². The van der Waals surface area contributed by atoms with Gasteiger partial charge in [-0.05, 0) is 25.0 Å². The average Bonchev–Trinajstić information content (AvgIpc) is 2.38. The number of aromatic nitrogens is 2. The minimum absolute atomic E-state index is 0.160. The van der Waals surface area contributed by atoms with Crippen molar-refractivity contribution >= 4 is 11.7 Å². The zero-order chi connectivity index (χ0) is 13.1. The molecular formula is C12H18N4O2. The SMILES string of the molecule is CN(C)C(=O)c1ccc(N2CCC[C@H](O)C2)nn1. The van der Waals surface area contributed by atoms with E-state index in [4.69, 9.17) is 0 Å². The monoisotopic (exact) mass is 250 g/mol. The minimum atomic E-state index is -0.302. The molecule has 1 aliphatic heterocycles. The fourth-order valence-corrected chi connectivity index (χ4v) is 2.00. The molecule has 1 saturated heterocycles. The van der Waals surface area contributed by atoms with Gasteiger partial charge in [-0.15, -0.1) is 10.2 Å². The first-order valence-electron chi connectivity index (χ1n) is 6.06. The van der Waals surface area contributed by atoms with Crippen molar-refractivity contribution in [3.8, 4) is 0 Å². The van der Waals surface area contributed by atoms with E-state index in [-0.39, 0.29) is 12.0 Å². The zero-order valence-corrected chi connectivity index (χ0v) is 10.7. The Morgan fingerprint density at radius 1 is 1.44 bits per heavy atom. The van der Waals surface area contributed by atoms with Crippen LogP contribution >= 0.6 is 0 Å².